The third kappa shape index (κ3) is 4.44. The predicted molar refractivity (Wildman–Crippen MR) is 80.1 cm³/mol. The molecule has 1 aliphatic heterocycles. The van der Waals surface area contributed by atoms with Crippen LogP contribution in [0.2, 0.25) is 0 Å². The van der Waals surface area contributed by atoms with E-state index in [-0.39, 0.29) is 23.1 Å². The highest BCUT2D eigenvalue weighted by Gasteiger charge is 2.32. The lowest BCUT2D eigenvalue weighted by Gasteiger charge is -2.27. The average molecular weight is 347 g/mol. The topological polar surface area (TPSA) is 102 Å². The Kier molecular flexibility index (Phi) is 5.30. The van der Waals surface area contributed by atoms with Crippen LogP contribution in [-0.2, 0) is 14.6 Å². The summed E-state index contributed by atoms with van der Waals surface area (Å²) in [6.45, 7) is 1.51. The van der Waals surface area contributed by atoms with Gasteiger partial charge in [-0.3, -0.25) is 9.78 Å². The summed E-state index contributed by atoms with van der Waals surface area (Å²) in [5.74, 6) is -2.37. The molecule has 3 N–H and O–H groups in total. The van der Waals surface area contributed by atoms with E-state index in [0.717, 1.165) is 6.20 Å². The van der Waals surface area contributed by atoms with E-state index in [0.29, 0.717) is 18.9 Å². The third-order valence-electron chi connectivity index (χ3n) is 4.02. The first-order chi connectivity index (χ1) is 10.7. The first kappa shape index (κ1) is 17.7. The Morgan fingerprint density at radius 1 is 1.39 bits per heavy atom. The Bertz CT molecular complexity index is 683. The first-order valence-electron chi connectivity index (χ1n) is 7.27. The first-order valence-corrected chi connectivity index (χ1v) is 9.09. The van der Waals surface area contributed by atoms with Gasteiger partial charge in [-0.1, -0.05) is 0 Å². The van der Waals surface area contributed by atoms with Gasteiger partial charge in [-0.25, -0.2) is 17.2 Å². The van der Waals surface area contributed by atoms with Crippen LogP contribution in [0.5, 0.6) is 0 Å². The van der Waals surface area contributed by atoms with Gasteiger partial charge in [0.1, 0.15) is 21.5 Å². The number of amides is 1. The van der Waals surface area contributed by atoms with Gasteiger partial charge in [0, 0.05) is 6.07 Å². The van der Waals surface area contributed by atoms with Crippen molar-refractivity contribution < 1.29 is 22.0 Å². The zero-order valence-corrected chi connectivity index (χ0v) is 13.4. The third-order valence-corrected chi connectivity index (χ3v) is 5.73. The molecule has 1 amide bonds. The zero-order valence-electron chi connectivity index (χ0n) is 12.6. The van der Waals surface area contributed by atoms with E-state index in [1.807, 2.05) is 0 Å². The van der Waals surface area contributed by atoms with Gasteiger partial charge in [0.25, 0.3) is 0 Å². The van der Waals surface area contributed by atoms with Gasteiger partial charge >= 0.3 is 0 Å². The summed E-state index contributed by atoms with van der Waals surface area (Å²) < 4.78 is 49.3. The zero-order chi connectivity index (χ0) is 17.2. The van der Waals surface area contributed by atoms with Gasteiger partial charge in [-0.15, -0.1) is 0 Å². The smallest absolute Gasteiger partial charge is 0.237 e. The summed E-state index contributed by atoms with van der Waals surface area (Å²) in [6.07, 6.45) is 1.52. The Morgan fingerprint density at radius 2 is 2.00 bits per heavy atom. The summed E-state index contributed by atoms with van der Waals surface area (Å²) in [6, 6.07) is -0.963. The van der Waals surface area contributed by atoms with Crippen LogP contribution in [0.1, 0.15) is 31.5 Å². The summed E-state index contributed by atoms with van der Waals surface area (Å²) >= 11 is 0. The Morgan fingerprint density at radius 3 is 2.57 bits per heavy atom. The minimum absolute atomic E-state index is 0.0162. The maximum absolute atomic E-state index is 13.6. The molecule has 1 saturated heterocycles. The maximum Gasteiger partial charge on any atom is 0.237 e. The van der Waals surface area contributed by atoms with Crippen molar-refractivity contribution in [3.05, 3.63) is 29.6 Å². The fourth-order valence-corrected chi connectivity index (χ4v) is 4.13. The molecule has 0 spiro atoms. The minimum atomic E-state index is -3.03. The average Bonchev–Trinajstić information content (AvgIpc) is 2.46. The summed E-state index contributed by atoms with van der Waals surface area (Å²) in [5.41, 5.74) is 5.80. The SMILES string of the molecule is C[C@@H](NC(=O)[C@@H](N)C1CCS(=O)(=O)CC1)c1ncc(F)cc1F. The lowest BCUT2D eigenvalue weighted by atomic mass is 9.93. The molecule has 0 radical (unpaired) electrons. The molecule has 0 saturated carbocycles. The van der Waals surface area contributed by atoms with Crippen molar-refractivity contribution in [1.29, 1.82) is 0 Å². The number of hydrogen-bond acceptors (Lipinski definition) is 5. The molecule has 1 aliphatic rings. The van der Waals surface area contributed by atoms with Crippen LogP contribution in [0.25, 0.3) is 0 Å². The molecule has 0 unspecified atom stereocenters. The van der Waals surface area contributed by atoms with E-state index >= 15 is 0 Å². The van der Waals surface area contributed by atoms with Gasteiger partial charge in [0.15, 0.2) is 0 Å². The van der Waals surface area contributed by atoms with Gasteiger partial charge in [0.2, 0.25) is 5.91 Å². The molecule has 2 heterocycles. The molecule has 1 aromatic rings. The van der Waals surface area contributed by atoms with Crippen LogP contribution in [0.15, 0.2) is 12.3 Å². The number of nitrogens with two attached hydrogens (primary N) is 1. The van der Waals surface area contributed by atoms with Crippen LogP contribution in [0.4, 0.5) is 8.78 Å². The Hall–Kier alpha value is -1.61. The second-order valence-electron chi connectivity index (χ2n) is 5.77. The molecule has 0 bridgehead atoms. The largest absolute Gasteiger partial charge is 0.347 e. The molecule has 9 heteroatoms. The molecule has 1 aromatic heterocycles. The standard InChI is InChI=1S/C14H19F2N3O3S/c1-8(13-11(16)6-10(15)7-18-13)19-14(20)12(17)9-2-4-23(21,22)5-3-9/h6-9,12H,2-5,17H2,1H3,(H,19,20)/t8-,12+/m1/s1. The van der Waals surface area contributed by atoms with Gasteiger partial charge in [-0.05, 0) is 25.7 Å². The summed E-state index contributed by atoms with van der Waals surface area (Å²) in [7, 11) is -3.03. The van der Waals surface area contributed by atoms with Crippen LogP contribution in [0.3, 0.4) is 0 Å². The minimum Gasteiger partial charge on any atom is -0.347 e. The molecule has 1 fully saturated rings. The highest BCUT2D eigenvalue weighted by Crippen LogP contribution is 2.22. The van der Waals surface area contributed by atoms with Crippen molar-refractivity contribution in [1.82, 2.24) is 10.3 Å². The van der Waals surface area contributed by atoms with Crippen LogP contribution in [0, 0.1) is 17.6 Å². The van der Waals surface area contributed by atoms with Crippen molar-refractivity contribution in [2.45, 2.75) is 31.8 Å². The van der Waals surface area contributed by atoms with Crippen molar-refractivity contribution in [2.24, 2.45) is 11.7 Å². The molecule has 23 heavy (non-hydrogen) atoms. The van der Waals surface area contributed by atoms with Crippen molar-refractivity contribution in [2.75, 3.05) is 11.5 Å². The number of carbonyl (C=O) groups excluding carboxylic acids is 1. The Balaban J connectivity index is 1.98. The molecular weight excluding hydrogens is 328 g/mol. The highest BCUT2D eigenvalue weighted by molar-refractivity contribution is 7.91. The van der Waals surface area contributed by atoms with Gasteiger partial charge < -0.3 is 11.1 Å². The number of rotatable bonds is 4. The van der Waals surface area contributed by atoms with E-state index in [9.17, 15) is 22.0 Å². The summed E-state index contributed by atoms with van der Waals surface area (Å²) in [4.78, 5) is 15.8. The number of carbonyl (C=O) groups is 1. The second kappa shape index (κ2) is 6.88. The van der Waals surface area contributed by atoms with Crippen molar-refractivity contribution >= 4 is 15.7 Å². The number of hydrogen-bond donors (Lipinski definition) is 2. The van der Waals surface area contributed by atoms with E-state index in [1.165, 1.54) is 6.92 Å². The number of halogens is 2. The van der Waals surface area contributed by atoms with E-state index < -0.39 is 39.5 Å². The number of nitrogens with one attached hydrogen (secondary N) is 1. The van der Waals surface area contributed by atoms with Crippen LogP contribution < -0.4 is 11.1 Å². The molecule has 0 aromatic carbocycles. The number of nitrogens with zero attached hydrogens (tertiary/aromatic N) is 1. The highest BCUT2D eigenvalue weighted by atomic mass is 32.2. The summed E-state index contributed by atoms with van der Waals surface area (Å²) in [5, 5.41) is 2.54. The molecule has 6 nitrogen and oxygen atoms in total. The predicted octanol–water partition coefficient (Wildman–Crippen LogP) is 0.689. The Labute approximate surface area is 133 Å². The van der Waals surface area contributed by atoms with Crippen molar-refractivity contribution in [3.8, 4) is 0 Å². The molecule has 0 aliphatic carbocycles. The normalized spacial score (nSPS) is 20.7. The number of pyridine rings is 1. The van der Waals surface area contributed by atoms with Gasteiger partial charge in [0.05, 0.1) is 35.5 Å². The fraction of sp³-hybridized carbons (Fsp3) is 0.571. The molecule has 2 rings (SSSR count). The lowest BCUT2D eigenvalue weighted by Crippen LogP contribution is -2.48. The van der Waals surface area contributed by atoms with E-state index in [4.69, 9.17) is 5.73 Å². The quantitative estimate of drug-likeness (QED) is 0.834. The van der Waals surface area contributed by atoms with Crippen LogP contribution >= 0.6 is 0 Å². The molecule has 2 atom stereocenters. The fourth-order valence-electron chi connectivity index (χ4n) is 2.60. The monoisotopic (exact) mass is 347 g/mol. The van der Waals surface area contributed by atoms with E-state index in [2.05, 4.69) is 10.3 Å². The lowest BCUT2D eigenvalue weighted by molar-refractivity contribution is -0.124. The molecule has 128 valence electrons. The van der Waals surface area contributed by atoms with Crippen molar-refractivity contribution in [3.63, 3.8) is 0 Å². The van der Waals surface area contributed by atoms with E-state index in [1.54, 1.807) is 0 Å². The maximum atomic E-state index is 13.6. The second-order valence-corrected chi connectivity index (χ2v) is 8.07. The van der Waals surface area contributed by atoms with Gasteiger partial charge in [-0.2, -0.15) is 0 Å². The number of aromatic nitrogens is 1. The van der Waals surface area contributed by atoms with Crippen LogP contribution in [-0.4, -0.2) is 36.9 Å². The number of sulfone groups is 1. The molecular formula is C14H19F2N3O3S.